The van der Waals surface area contributed by atoms with Crippen LogP contribution in [0.4, 0.5) is 0 Å². The molecule has 7 nitrogen and oxygen atoms in total. The molecule has 3 N–H and O–H groups in total. The summed E-state index contributed by atoms with van der Waals surface area (Å²) in [6.07, 6.45) is 2.36. The van der Waals surface area contributed by atoms with E-state index in [1.54, 1.807) is 14.0 Å². The van der Waals surface area contributed by atoms with Gasteiger partial charge in [0, 0.05) is 25.3 Å². The number of ether oxygens (including phenoxy) is 3. The summed E-state index contributed by atoms with van der Waals surface area (Å²) in [6.45, 7) is 3.48. The monoisotopic (exact) mass is 343 g/mol. The maximum Gasteiger partial charge on any atom is 0.245 e. The Kier molecular flexibility index (Phi) is 4.92. The first-order valence-corrected chi connectivity index (χ1v) is 8.88. The zero-order valence-corrected chi connectivity index (χ0v) is 14.7. The third-order valence-electron chi connectivity index (χ3n) is 5.99. The van der Waals surface area contributed by atoms with Crippen LogP contribution < -0.4 is 5.32 Å². The molecule has 7 heteroatoms. The van der Waals surface area contributed by atoms with Crippen molar-refractivity contribution in [2.24, 2.45) is 17.8 Å². The number of likely N-dealkylation sites (N-methyl/N-ethyl adjacent to an activating group) is 1. The van der Waals surface area contributed by atoms with Crippen LogP contribution in [0, 0.1) is 17.8 Å². The molecule has 0 radical (unpaired) electrons. The van der Waals surface area contributed by atoms with Gasteiger partial charge in [-0.25, -0.2) is 0 Å². The predicted octanol–water partition coefficient (Wildman–Crippen LogP) is 0.734. The van der Waals surface area contributed by atoms with Crippen molar-refractivity contribution in [1.82, 2.24) is 5.32 Å². The zero-order valence-electron chi connectivity index (χ0n) is 14.7. The minimum atomic E-state index is -1.34. The summed E-state index contributed by atoms with van der Waals surface area (Å²) in [5.41, 5.74) is -1.12. The second-order valence-electron chi connectivity index (χ2n) is 7.63. The van der Waals surface area contributed by atoms with Crippen molar-refractivity contribution < 1.29 is 29.2 Å². The first-order chi connectivity index (χ1) is 11.3. The highest BCUT2D eigenvalue weighted by Gasteiger charge is 2.62. The lowest BCUT2D eigenvalue weighted by Crippen LogP contribution is -2.65. The van der Waals surface area contributed by atoms with Crippen LogP contribution in [0.1, 0.15) is 46.0 Å². The fourth-order valence-corrected chi connectivity index (χ4v) is 4.60. The standard InChI is InChI=1S/C17H29NO6/c1-10-12-6-4-5-11-7-8-16(2,20)24-15(17(11,12)21)23-14(10)22-9-13(19)18-3/h10-12,14-15,20-21H,4-9H2,1-3H3,(H,18,19)/t10-,11?,12?,14?,15-,16?,17-/m1/s1. The van der Waals surface area contributed by atoms with Crippen molar-refractivity contribution in [2.75, 3.05) is 13.7 Å². The molecule has 0 bridgehead atoms. The van der Waals surface area contributed by atoms with Gasteiger partial charge >= 0.3 is 0 Å². The molecule has 1 saturated carbocycles. The Bertz CT molecular complexity index is 484. The highest BCUT2D eigenvalue weighted by atomic mass is 16.8. The van der Waals surface area contributed by atoms with E-state index < -0.39 is 24.0 Å². The highest BCUT2D eigenvalue weighted by molar-refractivity contribution is 5.76. The summed E-state index contributed by atoms with van der Waals surface area (Å²) >= 11 is 0. The average molecular weight is 343 g/mol. The first-order valence-electron chi connectivity index (χ1n) is 8.88. The molecule has 3 aliphatic rings. The summed E-state index contributed by atoms with van der Waals surface area (Å²) in [7, 11) is 1.55. The second kappa shape index (κ2) is 6.53. The zero-order chi connectivity index (χ0) is 17.5. The van der Waals surface area contributed by atoms with Gasteiger partial charge in [-0.2, -0.15) is 0 Å². The molecular weight excluding hydrogens is 314 g/mol. The van der Waals surface area contributed by atoms with E-state index in [2.05, 4.69) is 5.32 Å². The molecule has 2 aliphatic heterocycles. The third-order valence-corrected chi connectivity index (χ3v) is 5.99. The SMILES string of the molecule is CNC(=O)COC1O[C@@H]2OC(C)(O)CCC3CCCC([C@H]1C)[C@]32O. The predicted molar refractivity (Wildman–Crippen MR) is 84.6 cm³/mol. The van der Waals surface area contributed by atoms with E-state index in [0.29, 0.717) is 12.8 Å². The lowest BCUT2D eigenvalue weighted by Gasteiger charge is -2.55. The number of hydrogen-bond acceptors (Lipinski definition) is 6. The minimum absolute atomic E-state index is 0.0394. The normalized spacial score (nSPS) is 48.3. The molecule has 3 rings (SSSR count). The van der Waals surface area contributed by atoms with Gasteiger partial charge in [-0.3, -0.25) is 4.79 Å². The van der Waals surface area contributed by atoms with Gasteiger partial charge in [0.1, 0.15) is 12.2 Å². The molecule has 0 aromatic carbocycles. The van der Waals surface area contributed by atoms with Crippen LogP contribution in [0.5, 0.6) is 0 Å². The maximum atomic E-state index is 11.5. The Labute approximate surface area is 142 Å². The number of aliphatic hydroxyl groups is 2. The van der Waals surface area contributed by atoms with Crippen LogP contribution in [-0.4, -0.2) is 53.7 Å². The van der Waals surface area contributed by atoms with E-state index in [4.69, 9.17) is 14.2 Å². The largest absolute Gasteiger partial charge is 0.384 e. The van der Waals surface area contributed by atoms with Crippen LogP contribution in [0.3, 0.4) is 0 Å². The quantitative estimate of drug-likeness (QED) is 0.699. The molecule has 0 spiro atoms. The fourth-order valence-electron chi connectivity index (χ4n) is 4.60. The molecule has 2 heterocycles. The van der Waals surface area contributed by atoms with E-state index in [9.17, 15) is 15.0 Å². The molecule has 138 valence electrons. The van der Waals surface area contributed by atoms with Gasteiger partial charge in [0.2, 0.25) is 5.91 Å². The lowest BCUT2D eigenvalue weighted by molar-refractivity contribution is -0.405. The van der Waals surface area contributed by atoms with E-state index in [1.807, 2.05) is 6.92 Å². The molecule has 7 atom stereocenters. The van der Waals surface area contributed by atoms with Gasteiger partial charge in [0.15, 0.2) is 18.4 Å². The van der Waals surface area contributed by atoms with E-state index >= 15 is 0 Å². The van der Waals surface area contributed by atoms with Crippen LogP contribution in [0.2, 0.25) is 0 Å². The Morgan fingerprint density at radius 1 is 1.33 bits per heavy atom. The van der Waals surface area contributed by atoms with Crippen LogP contribution in [0.15, 0.2) is 0 Å². The van der Waals surface area contributed by atoms with Crippen molar-refractivity contribution in [2.45, 2.75) is 69.9 Å². The number of carbonyl (C=O) groups is 1. The Balaban J connectivity index is 1.84. The smallest absolute Gasteiger partial charge is 0.245 e. The van der Waals surface area contributed by atoms with Crippen LogP contribution in [0.25, 0.3) is 0 Å². The first kappa shape index (κ1) is 18.1. The molecule has 2 saturated heterocycles. The number of nitrogens with one attached hydrogen (secondary N) is 1. The second-order valence-corrected chi connectivity index (χ2v) is 7.63. The molecule has 4 unspecified atom stereocenters. The molecule has 1 aliphatic carbocycles. The molecule has 0 aromatic heterocycles. The fraction of sp³-hybridized carbons (Fsp3) is 0.941. The van der Waals surface area contributed by atoms with Crippen molar-refractivity contribution in [3.8, 4) is 0 Å². The molecule has 24 heavy (non-hydrogen) atoms. The number of carbonyl (C=O) groups excluding carboxylic acids is 1. The van der Waals surface area contributed by atoms with Gasteiger partial charge in [-0.1, -0.05) is 13.3 Å². The van der Waals surface area contributed by atoms with E-state index in [0.717, 1.165) is 19.3 Å². The van der Waals surface area contributed by atoms with Gasteiger partial charge in [-0.05, 0) is 32.1 Å². The summed E-state index contributed by atoms with van der Waals surface area (Å²) in [6, 6.07) is 0. The highest BCUT2D eigenvalue weighted by Crippen LogP contribution is 2.54. The Morgan fingerprint density at radius 2 is 2.08 bits per heavy atom. The Hall–Kier alpha value is -0.730. The van der Waals surface area contributed by atoms with Gasteiger partial charge in [0.25, 0.3) is 0 Å². The molecular formula is C17H29NO6. The summed E-state index contributed by atoms with van der Waals surface area (Å²) < 4.78 is 17.3. The molecule has 0 aromatic rings. The molecule has 3 fully saturated rings. The number of rotatable bonds is 3. The van der Waals surface area contributed by atoms with Crippen LogP contribution in [-0.2, 0) is 19.0 Å². The summed E-state index contributed by atoms with van der Waals surface area (Å²) in [5.74, 6) is -1.64. The van der Waals surface area contributed by atoms with Gasteiger partial charge < -0.3 is 29.7 Å². The topological polar surface area (TPSA) is 97.3 Å². The lowest BCUT2D eigenvalue weighted by atomic mass is 9.61. The summed E-state index contributed by atoms with van der Waals surface area (Å²) in [5, 5.41) is 24.4. The van der Waals surface area contributed by atoms with E-state index in [1.165, 1.54) is 0 Å². The summed E-state index contributed by atoms with van der Waals surface area (Å²) in [4.78, 5) is 11.5. The van der Waals surface area contributed by atoms with Crippen molar-refractivity contribution in [3.05, 3.63) is 0 Å². The van der Waals surface area contributed by atoms with Crippen molar-refractivity contribution >= 4 is 5.91 Å². The van der Waals surface area contributed by atoms with Gasteiger partial charge in [0.05, 0.1) is 0 Å². The molecule has 1 amide bonds. The van der Waals surface area contributed by atoms with Gasteiger partial charge in [-0.15, -0.1) is 0 Å². The van der Waals surface area contributed by atoms with E-state index in [-0.39, 0.29) is 30.3 Å². The maximum absolute atomic E-state index is 11.5. The van der Waals surface area contributed by atoms with Crippen molar-refractivity contribution in [3.63, 3.8) is 0 Å². The number of amides is 1. The average Bonchev–Trinajstić information content (AvgIpc) is 2.63. The third kappa shape index (κ3) is 3.08. The Morgan fingerprint density at radius 3 is 2.79 bits per heavy atom. The van der Waals surface area contributed by atoms with Crippen molar-refractivity contribution in [1.29, 1.82) is 0 Å². The number of hydrogen-bond donors (Lipinski definition) is 3. The minimum Gasteiger partial charge on any atom is -0.384 e. The van der Waals surface area contributed by atoms with Crippen LogP contribution >= 0.6 is 0 Å².